The predicted molar refractivity (Wildman–Crippen MR) is 141 cm³/mol. The first-order chi connectivity index (χ1) is 16.6. The molecule has 0 aliphatic carbocycles. The van der Waals surface area contributed by atoms with Gasteiger partial charge in [0.2, 0.25) is 0 Å². The van der Waals surface area contributed by atoms with E-state index in [0.29, 0.717) is 22.8 Å². The monoisotopic (exact) mass is 458 g/mol. The SMILES string of the molecule is CCCCCCc1ccc(-c2ccc3c(c2)c(=O)oc2c(F)c(CCCCCC)ccc23)cc1. The van der Waals surface area contributed by atoms with Crippen molar-refractivity contribution in [2.75, 3.05) is 0 Å². The van der Waals surface area contributed by atoms with Crippen LogP contribution in [0.4, 0.5) is 4.39 Å². The van der Waals surface area contributed by atoms with Crippen molar-refractivity contribution < 1.29 is 8.81 Å². The number of aryl methyl sites for hydroxylation is 2. The molecule has 0 saturated carbocycles. The highest BCUT2D eigenvalue weighted by molar-refractivity contribution is 6.05. The molecule has 0 atom stereocenters. The molecule has 0 aliphatic heterocycles. The molecule has 3 aromatic carbocycles. The molecule has 0 radical (unpaired) electrons. The summed E-state index contributed by atoms with van der Waals surface area (Å²) in [7, 11) is 0. The Morgan fingerprint density at radius 3 is 2.03 bits per heavy atom. The van der Waals surface area contributed by atoms with Gasteiger partial charge in [-0.3, -0.25) is 0 Å². The van der Waals surface area contributed by atoms with Crippen LogP contribution in [0.25, 0.3) is 32.9 Å². The molecule has 34 heavy (non-hydrogen) atoms. The van der Waals surface area contributed by atoms with Gasteiger partial charge < -0.3 is 4.42 Å². The Bertz CT molecular complexity index is 1300. The average molecular weight is 459 g/mol. The molecule has 0 aliphatic rings. The molecule has 0 N–H and O–H groups in total. The van der Waals surface area contributed by atoms with Gasteiger partial charge in [-0.25, -0.2) is 9.18 Å². The first-order valence-corrected chi connectivity index (χ1v) is 12.9. The summed E-state index contributed by atoms with van der Waals surface area (Å²) >= 11 is 0. The molecule has 178 valence electrons. The molecule has 2 nitrogen and oxygen atoms in total. The van der Waals surface area contributed by atoms with Gasteiger partial charge in [-0.1, -0.05) is 101 Å². The number of halogens is 1. The lowest BCUT2D eigenvalue weighted by Gasteiger charge is -2.09. The quantitative estimate of drug-likeness (QED) is 0.127. The van der Waals surface area contributed by atoms with Crippen molar-refractivity contribution in [1.82, 2.24) is 0 Å². The summed E-state index contributed by atoms with van der Waals surface area (Å²) in [6.07, 6.45) is 11.1. The Kier molecular flexibility index (Phi) is 8.16. The Morgan fingerprint density at radius 1 is 0.676 bits per heavy atom. The van der Waals surface area contributed by atoms with E-state index in [9.17, 15) is 4.79 Å². The number of hydrogen-bond donors (Lipinski definition) is 0. The van der Waals surface area contributed by atoms with Crippen LogP contribution < -0.4 is 5.63 Å². The second-order valence-electron chi connectivity index (χ2n) is 9.38. The van der Waals surface area contributed by atoms with Crippen molar-refractivity contribution >= 4 is 21.7 Å². The van der Waals surface area contributed by atoms with E-state index in [4.69, 9.17) is 4.42 Å². The van der Waals surface area contributed by atoms with Crippen LogP contribution in [0.15, 0.2) is 63.8 Å². The summed E-state index contributed by atoms with van der Waals surface area (Å²) in [5.41, 5.74) is 3.58. The van der Waals surface area contributed by atoms with Gasteiger partial charge in [-0.15, -0.1) is 0 Å². The van der Waals surface area contributed by atoms with Crippen LogP contribution in [-0.2, 0) is 12.8 Å². The Labute approximate surface area is 201 Å². The van der Waals surface area contributed by atoms with Crippen molar-refractivity contribution in [3.8, 4) is 11.1 Å². The molecule has 1 aromatic heterocycles. The van der Waals surface area contributed by atoms with Gasteiger partial charge in [0.25, 0.3) is 0 Å². The maximum Gasteiger partial charge on any atom is 0.344 e. The molecular weight excluding hydrogens is 423 g/mol. The van der Waals surface area contributed by atoms with Crippen molar-refractivity contribution in [1.29, 1.82) is 0 Å². The molecule has 0 fully saturated rings. The fraction of sp³-hybridized carbons (Fsp3) is 0.387. The number of benzene rings is 3. The van der Waals surface area contributed by atoms with Gasteiger partial charge >= 0.3 is 5.63 Å². The van der Waals surface area contributed by atoms with Crippen molar-refractivity contribution in [3.63, 3.8) is 0 Å². The van der Waals surface area contributed by atoms with E-state index in [1.54, 1.807) is 0 Å². The van der Waals surface area contributed by atoms with Gasteiger partial charge in [-0.2, -0.15) is 0 Å². The van der Waals surface area contributed by atoms with E-state index in [2.05, 4.69) is 38.1 Å². The zero-order chi connectivity index (χ0) is 23.9. The van der Waals surface area contributed by atoms with Crippen LogP contribution >= 0.6 is 0 Å². The zero-order valence-corrected chi connectivity index (χ0v) is 20.5. The Morgan fingerprint density at radius 2 is 1.32 bits per heavy atom. The number of unbranched alkanes of at least 4 members (excludes halogenated alkanes) is 6. The van der Waals surface area contributed by atoms with E-state index in [1.807, 2.05) is 30.3 Å². The molecule has 4 aromatic rings. The minimum Gasteiger partial charge on any atom is -0.419 e. The lowest BCUT2D eigenvalue weighted by atomic mass is 9.97. The second-order valence-corrected chi connectivity index (χ2v) is 9.38. The minimum atomic E-state index is -0.487. The number of fused-ring (bicyclic) bond motifs is 3. The molecule has 3 heteroatoms. The van der Waals surface area contributed by atoms with Crippen molar-refractivity contribution in [2.45, 2.75) is 78.1 Å². The summed E-state index contributed by atoms with van der Waals surface area (Å²) in [5.74, 6) is -0.397. The van der Waals surface area contributed by atoms with Crippen LogP contribution in [0.5, 0.6) is 0 Å². The Balaban J connectivity index is 1.61. The van der Waals surface area contributed by atoms with Crippen molar-refractivity contribution in [2.24, 2.45) is 0 Å². The zero-order valence-electron chi connectivity index (χ0n) is 20.5. The first-order valence-electron chi connectivity index (χ1n) is 12.9. The van der Waals surface area contributed by atoms with E-state index < -0.39 is 11.4 Å². The molecule has 0 saturated heterocycles. The third-order valence-corrected chi connectivity index (χ3v) is 6.81. The Hall–Kier alpha value is -2.94. The lowest BCUT2D eigenvalue weighted by Crippen LogP contribution is -2.03. The third kappa shape index (κ3) is 5.41. The van der Waals surface area contributed by atoms with Gasteiger partial charge in [0.05, 0.1) is 5.39 Å². The smallest absolute Gasteiger partial charge is 0.344 e. The summed E-state index contributed by atoms with van der Waals surface area (Å²) in [4.78, 5) is 12.8. The maximum atomic E-state index is 15.2. The summed E-state index contributed by atoms with van der Waals surface area (Å²) in [5, 5.41) is 1.88. The topological polar surface area (TPSA) is 30.2 Å². The van der Waals surface area contributed by atoms with E-state index >= 15 is 4.39 Å². The molecular formula is C31H35FO2. The summed E-state index contributed by atoms with van der Waals surface area (Å²) in [6.45, 7) is 4.39. The number of hydrogen-bond acceptors (Lipinski definition) is 2. The van der Waals surface area contributed by atoms with Crippen LogP contribution in [0.1, 0.15) is 76.3 Å². The third-order valence-electron chi connectivity index (χ3n) is 6.81. The van der Waals surface area contributed by atoms with Gasteiger partial charge in [0.15, 0.2) is 11.4 Å². The molecule has 0 unspecified atom stereocenters. The maximum absolute atomic E-state index is 15.2. The summed E-state index contributed by atoms with van der Waals surface area (Å²) < 4.78 is 20.7. The van der Waals surface area contributed by atoms with E-state index in [1.165, 1.54) is 31.2 Å². The highest BCUT2D eigenvalue weighted by Gasteiger charge is 2.15. The molecule has 0 bridgehead atoms. The highest BCUT2D eigenvalue weighted by atomic mass is 19.1. The van der Waals surface area contributed by atoms with Crippen molar-refractivity contribution in [3.05, 3.63) is 82.0 Å². The fourth-order valence-electron chi connectivity index (χ4n) is 4.74. The van der Waals surface area contributed by atoms with Crippen LogP contribution in [-0.4, -0.2) is 0 Å². The van der Waals surface area contributed by atoms with E-state index in [-0.39, 0.29) is 5.58 Å². The van der Waals surface area contributed by atoms with Crippen LogP contribution in [0.2, 0.25) is 0 Å². The predicted octanol–water partition coefficient (Wildman–Crippen LogP) is 9.00. The minimum absolute atomic E-state index is 0.0747. The van der Waals surface area contributed by atoms with Gasteiger partial charge in [0.1, 0.15) is 0 Å². The largest absolute Gasteiger partial charge is 0.419 e. The lowest BCUT2D eigenvalue weighted by molar-refractivity contribution is 0.522. The number of rotatable bonds is 11. The molecule has 1 heterocycles. The normalized spacial score (nSPS) is 11.5. The molecule has 0 spiro atoms. The highest BCUT2D eigenvalue weighted by Crippen LogP contribution is 2.30. The van der Waals surface area contributed by atoms with E-state index in [0.717, 1.165) is 48.6 Å². The molecule has 0 amide bonds. The second kappa shape index (κ2) is 11.5. The average Bonchev–Trinajstić information content (AvgIpc) is 2.86. The van der Waals surface area contributed by atoms with Crippen LogP contribution in [0, 0.1) is 5.82 Å². The molecule has 4 rings (SSSR count). The summed E-state index contributed by atoms with van der Waals surface area (Å²) in [6, 6.07) is 18.1. The van der Waals surface area contributed by atoms with Gasteiger partial charge in [-0.05, 0) is 54.0 Å². The van der Waals surface area contributed by atoms with Gasteiger partial charge in [0, 0.05) is 10.8 Å². The fourth-order valence-corrected chi connectivity index (χ4v) is 4.74. The first kappa shape index (κ1) is 24.2. The van der Waals surface area contributed by atoms with Crippen LogP contribution in [0.3, 0.4) is 0 Å². The standard InChI is InChI=1S/C31H35FO2/c1-3-5-7-9-11-22-13-15-23(16-14-22)25-18-19-26-27-20-17-24(12-10-8-6-4-2)29(32)30(27)34-31(33)28(26)21-25/h13-21H,3-12H2,1-2H3.